The maximum Gasteiger partial charge on any atom is 0.169 e. The molecule has 0 fully saturated rings. The van der Waals surface area contributed by atoms with Gasteiger partial charge in [-0.2, -0.15) is 5.26 Å². The van der Waals surface area contributed by atoms with Gasteiger partial charge < -0.3 is 9.67 Å². The van der Waals surface area contributed by atoms with Crippen molar-refractivity contribution in [3.63, 3.8) is 0 Å². The third-order valence-electron chi connectivity index (χ3n) is 4.06. The van der Waals surface area contributed by atoms with Crippen molar-refractivity contribution in [1.29, 1.82) is 5.26 Å². The van der Waals surface area contributed by atoms with Gasteiger partial charge in [0.1, 0.15) is 11.6 Å². The fraction of sp³-hybridized carbons (Fsp3) is 0.278. The molecule has 0 saturated carbocycles. The van der Waals surface area contributed by atoms with Crippen molar-refractivity contribution in [2.45, 2.75) is 19.8 Å². The molecule has 5 nitrogen and oxygen atoms in total. The monoisotopic (exact) mass is 306 g/mol. The van der Waals surface area contributed by atoms with E-state index in [0.717, 1.165) is 29.6 Å². The third-order valence-corrected chi connectivity index (χ3v) is 4.06. The van der Waals surface area contributed by atoms with E-state index in [0.29, 0.717) is 11.2 Å². The highest BCUT2D eigenvalue weighted by Gasteiger charge is 2.12. The first kappa shape index (κ1) is 15.2. The average molecular weight is 306 g/mol. The molecule has 0 spiro atoms. The lowest BCUT2D eigenvalue weighted by atomic mass is 9.99. The molecular formula is C18H18N4O. The summed E-state index contributed by atoms with van der Waals surface area (Å²) in [5.74, 6) is 0. The maximum absolute atomic E-state index is 9.33. The second kappa shape index (κ2) is 6.19. The summed E-state index contributed by atoms with van der Waals surface area (Å²) in [7, 11) is 1.91. The predicted octanol–water partition coefficient (Wildman–Crippen LogP) is 2.74. The van der Waals surface area contributed by atoms with Gasteiger partial charge in [0.25, 0.3) is 0 Å². The highest BCUT2D eigenvalue weighted by atomic mass is 16.2. The first-order chi connectivity index (χ1) is 11.1. The summed E-state index contributed by atoms with van der Waals surface area (Å²) >= 11 is 0. The SMILES string of the molecule is Cc1cc(-c2cc3c(ncn3C)c(C#N)n2)ccc1CCCO. The van der Waals surface area contributed by atoms with Gasteiger partial charge in [0.2, 0.25) is 0 Å². The minimum atomic E-state index is 0.200. The number of benzene rings is 1. The number of aromatic nitrogens is 3. The van der Waals surface area contributed by atoms with E-state index in [1.807, 2.05) is 23.7 Å². The van der Waals surface area contributed by atoms with Crippen LogP contribution in [-0.4, -0.2) is 26.2 Å². The largest absolute Gasteiger partial charge is 0.396 e. The smallest absolute Gasteiger partial charge is 0.169 e. The van der Waals surface area contributed by atoms with Crippen LogP contribution in [-0.2, 0) is 13.5 Å². The zero-order valence-electron chi connectivity index (χ0n) is 13.2. The molecule has 2 aromatic heterocycles. The van der Waals surface area contributed by atoms with Gasteiger partial charge in [0, 0.05) is 19.2 Å². The summed E-state index contributed by atoms with van der Waals surface area (Å²) in [5.41, 5.74) is 6.03. The highest BCUT2D eigenvalue weighted by Crippen LogP contribution is 2.25. The van der Waals surface area contributed by atoms with Crippen molar-refractivity contribution >= 4 is 11.0 Å². The predicted molar refractivity (Wildman–Crippen MR) is 88.8 cm³/mol. The Morgan fingerprint density at radius 2 is 2.13 bits per heavy atom. The number of aliphatic hydroxyl groups is 1. The van der Waals surface area contributed by atoms with Crippen molar-refractivity contribution in [3.8, 4) is 17.3 Å². The topological polar surface area (TPSA) is 74.7 Å². The van der Waals surface area contributed by atoms with Crippen LogP contribution in [0.3, 0.4) is 0 Å². The van der Waals surface area contributed by atoms with E-state index in [-0.39, 0.29) is 6.61 Å². The van der Waals surface area contributed by atoms with Crippen LogP contribution in [0.25, 0.3) is 22.3 Å². The molecule has 0 unspecified atom stereocenters. The molecule has 3 rings (SSSR count). The van der Waals surface area contributed by atoms with Gasteiger partial charge >= 0.3 is 0 Å². The van der Waals surface area contributed by atoms with Gasteiger partial charge in [-0.3, -0.25) is 0 Å². The van der Waals surface area contributed by atoms with Crippen LogP contribution < -0.4 is 0 Å². The number of nitriles is 1. The van der Waals surface area contributed by atoms with Crippen molar-refractivity contribution in [3.05, 3.63) is 47.4 Å². The summed E-state index contributed by atoms with van der Waals surface area (Å²) in [4.78, 5) is 8.70. The van der Waals surface area contributed by atoms with E-state index < -0.39 is 0 Å². The highest BCUT2D eigenvalue weighted by molar-refractivity contribution is 5.84. The summed E-state index contributed by atoms with van der Waals surface area (Å²) in [6, 6.07) is 10.3. The molecule has 1 aromatic carbocycles. The van der Waals surface area contributed by atoms with E-state index in [2.05, 4.69) is 35.1 Å². The van der Waals surface area contributed by atoms with Crippen molar-refractivity contribution in [2.24, 2.45) is 7.05 Å². The number of pyridine rings is 1. The third kappa shape index (κ3) is 2.81. The Morgan fingerprint density at radius 1 is 1.30 bits per heavy atom. The normalized spacial score (nSPS) is 10.9. The fourth-order valence-corrected chi connectivity index (χ4v) is 2.76. The Morgan fingerprint density at radius 3 is 2.83 bits per heavy atom. The lowest BCUT2D eigenvalue weighted by Gasteiger charge is -2.09. The Labute approximate surface area is 134 Å². The molecule has 3 aromatic rings. The number of rotatable bonds is 4. The van der Waals surface area contributed by atoms with Gasteiger partial charge in [-0.1, -0.05) is 12.1 Å². The van der Waals surface area contributed by atoms with E-state index in [4.69, 9.17) is 5.11 Å². The minimum Gasteiger partial charge on any atom is -0.396 e. The molecule has 23 heavy (non-hydrogen) atoms. The lowest BCUT2D eigenvalue weighted by molar-refractivity contribution is 0.288. The molecule has 0 amide bonds. The molecule has 2 heterocycles. The summed E-state index contributed by atoms with van der Waals surface area (Å²) in [6.45, 7) is 2.26. The standard InChI is InChI=1S/C18H18N4O/c1-12-8-14(6-5-13(12)4-3-7-23)15-9-17-18(16(10-19)21-15)20-11-22(17)2/h5-6,8-9,11,23H,3-4,7H2,1-2H3. The van der Waals surface area contributed by atoms with Crippen LogP contribution in [0.1, 0.15) is 23.2 Å². The molecule has 0 aliphatic rings. The molecule has 116 valence electrons. The molecular weight excluding hydrogens is 288 g/mol. The molecule has 5 heteroatoms. The first-order valence-corrected chi connectivity index (χ1v) is 7.57. The minimum absolute atomic E-state index is 0.200. The zero-order valence-corrected chi connectivity index (χ0v) is 13.2. The van der Waals surface area contributed by atoms with Crippen molar-refractivity contribution in [2.75, 3.05) is 6.61 Å². The zero-order chi connectivity index (χ0) is 16.4. The number of aliphatic hydroxyl groups excluding tert-OH is 1. The Bertz CT molecular complexity index is 905. The summed E-state index contributed by atoms with van der Waals surface area (Å²) in [6.07, 6.45) is 3.32. The van der Waals surface area contributed by atoms with E-state index in [1.54, 1.807) is 6.33 Å². The van der Waals surface area contributed by atoms with E-state index >= 15 is 0 Å². The van der Waals surface area contributed by atoms with Gasteiger partial charge in [-0.25, -0.2) is 9.97 Å². The van der Waals surface area contributed by atoms with Crippen LogP contribution in [0, 0.1) is 18.3 Å². The van der Waals surface area contributed by atoms with Crippen molar-refractivity contribution < 1.29 is 5.11 Å². The summed E-state index contributed by atoms with van der Waals surface area (Å²) < 4.78 is 1.89. The molecule has 0 atom stereocenters. The number of hydrogen-bond donors (Lipinski definition) is 1. The summed E-state index contributed by atoms with van der Waals surface area (Å²) in [5, 5.41) is 18.3. The Kier molecular flexibility index (Phi) is 4.09. The number of imidazole rings is 1. The average Bonchev–Trinajstić information content (AvgIpc) is 2.94. The van der Waals surface area contributed by atoms with Gasteiger partial charge in [0.05, 0.1) is 17.5 Å². The van der Waals surface area contributed by atoms with Crippen LogP contribution in [0.5, 0.6) is 0 Å². The van der Waals surface area contributed by atoms with Crippen LogP contribution in [0.4, 0.5) is 0 Å². The van der Waals surface area contributed by atoms with Gasteiger partial charge in [-0.05, 0) is 43.0 Å². The molecule has 1 N–H and O–H groups in total. The number of nitrogens with zero attached hydrogens (tertiary/aromatic N) is 4. The molecule has 0 aliphatic heterocycles. The molecule has 0 saturated heterocycles. The second-order valence-corrected chi connectivity index (χ2v) is 5.66. The molecule has 0 bridgehead atoms. The molecule has 0 aliphatic carbocycles. The fourth-order valence-electron chi connectivity index (χ4n) is 2.76. The number of aryl methyl sites for hydroxylation is 3. The van der Waals surface area contributed by atoms with Gasteiger partial charge in [-0.15, -0.1) is 0 Å². The van der Waals surface area contributed by atoms with E-state index in [1.165, 1.54) is 11.1 Å². The van der Waals surface area contributed by atoms with Crippen LogP contribution in [0.15, 0.2) is 30.6 Å². The number of hydrogen-bond acceptors (Lipinski definition) is 4. The van der Waals surface area contributed by atoms with E-state index in [9.17, 15) is 5.26 Å². The first-order valence-electron chi connectivity index (χ1n) is 7.57. The number of fused-ring (bicyclic) bond motifs is 1. The van der Waals surface area contributed by atoms with Gasteiger partial charge in [0.15, 0.2) is 5.69 Å². The van der Waals surface area contributed by atoms with Crippen LogP contribution in [0.2, 0.25) is 0 Å². The Hall–Kier alpha value is -2.71. The van der Waals surface area contributed by atoms with Crippen molar-refractivity contribution in [1.82, 2.24) is 14.5 Å². The maximum atomic E-state index is 9.33. The molecule has 0 radical (unpaired) electrons. The van der Waals surface area contributed by atoms with Crippen LogP contribution >= 0.6 is 0 Å². The quantitative estimate of drug-likeness (QED) is 0.804. The Balaban J connectivity index is 2.08. The second-order valence-electron chi connectivity index (χ2n) is 5.66. The lowest BCUT2D eigenvalue weighted by Crippen LogP contribution is -1.96.